The van der Waals surface area contributed by atoms with Crippen LogP contribution in [0.15, 0.2) is 12.4 Å². The quantitative estimate of drug-likeness (QED) is 0.602. The normalized spacial score (nSPS) is 24.2. The summed E-state index contributed by atoms with van der Waals surface area (Å²) in [5, 5.41) is 16.3. The van der Waals surface area contributed by atoms with E-state index in [9.17, 15) is 0 Å². The third kappa shape index (κ3) is 1.21. The maximum atomic E-state index is 9.01. The molecule has 0 radical (unpaired) electrons. The van der Waals surface area contributed by atoms with E-state index in [-0.39, 0.29) is 5.75 Å². The monoisotopic (exact) mass is 153 g/mol. The third-order valence-corrected chi connectivity index (χ3v) is 2.00. The predicted octanol–water partition coefficient (Wildman–Crippen LogP) is 0.123. The van der Waals surface area contributed by atoms with E-state index in [1.54, 1.807) is 6.20 Å². The zero-order chi connectivity index (χ0) is 7.68. The van der Waals surface area contributed by atoms with Gasteiger partial charge in [0.1, 0.15) is 0 Å². The molecule has 1 unspecified atom stereocenters. The van der Waals surface area contributed by atoms with E-state index in [4.69, 9.17) is 5.11 Å². The molecule has 1 saturated heterocycles. The number of nitrogens with one attached hydrogen (secondary N) is 1. The highest BCUT2D eigenvalue weighted by molar-refractivity contribution is 5.09. The summed E-state index contributed by atoms with van der Waals surface area (Å²) in [7, 11) is 0. The lowest BCUT2D eigenvalue weighted by Crippen LogP contribution is -2.13. The van der Waals surface area contributed by atoms with Crippen molar-refractivity contribution in [2.24, 2.45) is 0 Å². The van der Waals surface area contributed by atoms with Gasteiger partial charge in [-0.3, -0.25) is 4.68 Å². The Morgan fingerprint density at radius 1 is 1.73 bits per heavy atom. The topological polar surface area (TPSA) is 50.1 Å². The number of nitrogens with zero attached hydrogens (tertiary/aromatic N) is 2. The molecule has 0 spiro atoms. The average molecular weight is 153 g/mol. The van der Waals surface area contributed by atoms with Gasteiger partial charge in [-0.25, -0.2) is 0 Å². The van der Waals surface area contributed by atoms with Gasteiger partial charge in [-0.15, -0.1) is 0 Å². The van der Waals surface area contributed by atoms with Crippen molar-refractivity contribution in [2.45, 2.75) is 12.5 Å². The van der Waals surface area contributed by atoms with Crippen molar-refractivity contribution < 1.29 is 5.11 Å². The molecular formula is C7H11N3O. The fourth-order valence-electron chi connectivity index (χ4n) is 1.39. The van der Waals surface area contributed by atoms with Crippen LogP contribution in [0.5, 0.6) is 5.75 Å². The summed E-state index contributed by atoms with van der Waals surface area (Å²) >= 11 is 0. The van der Waals surface area contributed by atoms with Crippen LogP contribution in [-0.4, -0.2) is 28.0 Å². The SMILES string of the molecule is Oc1cnn(C2CCNC2)c1. The Morgan fingerprint density at radius 3 is 3.18 bits per heavy atom. The molecule has 0 aliphatic carbocycles. The van der Waals surface area contributed by atoms with Gasteiger partial charge < -0.3 is 10.4 Å². The van der Waals surface area contributed by atoms with Gasteiger partial charge >= 0.3 is 0 Å². The standard InChI is InChI=1S/C7H11N3O/c11-7-4-9-10(5-7)6-1-2-8-3-6/h4-6,8,11H,1-3H2. The molecule has 2 N–H and O–H groups in total. The highest BCUT2D eigenvalue weighted by atomic mass is 16.3. The number of aromatic hydroxyl groups is 1. The Balaban J connectivity index is 2.15. The van der Waals surface area contributed by atoms with E-state index in [2.05, 4.69) is 10.4 Å². The van der Waals surface area contributed by atoms with Crippen molar-refractivity contribution >= 4 is 0 Å². The van der Waals surface area contributed by atoms with E-state index >= 15 is 0 Å². The molecule has 0 saturated carbocycles. The molecule has 0 aromatic carbocycles. The van der Waals surface area contributed by atoms with Gasteiger partial charge in [0, 0.05) is 6.54 Å². The molecule has 2 rings (SSSR count). The summed E-state index contributed by atoms with van der Waals surface area (Å²) < 4.78 is 1.81. The molecule has 1 aromatic rings. The highest BCUT2D eigenvalue weighted by Gasteiger charge is 2.16. The van der Waals surface area contributed by atoms with Crippen LogP contribution in [-0.2, 0) is 0 Å². The third-order valence-electron chi connectivity index (χ3n) is 2.00. The minimum absolute atomic E-state index is 0.247. The number of aromatic nitrogens is 2. The number of hydrogen-bond donors (Lipinski definition) is 2. The first-order chi connectivity index (χ1) is 5.36. The average Bonchev–Trinajstić information content (AvgIpc) is 2.55. The fourth-order valence-corrected chi connectivity index (χ4v) is 1.39. The zero-order valence-corrected chi connectivity index (χ0v) is 6.20. The van der Waals surface area contributed by atoms with Crippen LogP contribution in [0, 0.1) is 0 Å². The fraction of sp³-hybridized carbons (Fsp3) is 0.571. The zero-order valence-electron chi connectivity index (χ0n) is 6.20. The van der Waals surface area contributed by atoms with Crippen LogP contribution in [0.3, 0.4) is 0 Å². The van der Waals surface area contributed by atoms with Crippen molar-refractivity contribution in [3.05, 3.63) is 12.4 Å². The molecule has 4 heteroatoms. The molecule has 0 bridgehead atoms. The van der Waals surface area contributed by atoms with Gasteiger partial charge in [-0.2, -0.15) is 5.10 Å². The maximum Gasteiger partial charge on any atom is 0.153 e. The molecule has 0 amide bonds. The van der Waals surface area contributed by atoms with Crippen LogP contribution in [0.4, 0.5) is 0 Å². The van der Waals surface area contributed by atoms with Gasteiger partial charge in [0.15, 0.2) is 5.75 Å². The first kappa shape index (κ1) is 6.67. The lowest BCUT2D eigenvalue weighted by Gasteiger charge is -2.06. The molecule has 1 aliphatic rings. The number of rotatable bonds is 1. The first-order valence-corrected chi connectivity index (χ1v) is 3.80. The van der Waals surface area contributed by atoms with Crippen LogP contribution in [0.2, 0.25) is 0 Å². The Kier molecular flexibility index (Phi) is 1.54. The Labute approximate surface area is 64.8 Å². The minimum atomic E-state index is 0.247. The summed E-state index contributed by atoms with van der Waals surface area (Å²) in [6.07, 6.45) is 4.23. The van der Waals surface area contributed by atoms with Gasteiger partial charge in [-0.1, -0.05) is 0 Å². The van der Waals surface area contributed by atoms with Crippen LogP contribution in [0.1, 0.15) is 12.5 Å². The Morgan fingerprint density at radius 2 is 2.64 bits per heavy atom. The molecule has 1 aliphatic heterocycles. The molecule has 1 aromatic heterocycles. The molecule has 1 atom stereocenters. The molecular weight excluding hydrogens is 142 g/mol. The second kappa shape index (κ2) is 2.54. The van der Waals surface area contributed by atoms with Crippen molar-refractivity contribution in [1.29, 1.82) is 0 Å². The number of hydrogen-bond acceptors (Lipinski definition) is 3. The molecule has 1 fully saturated rings. The van der Waals surface area contributed by atoms with E-state index in [0.29, 0.717) is 6.04 Å². The van der Waals surface area contributed by atoms with Crippen molar-refractivity contribution in [3.63, 3.8) is 0 Å². The van der Waals surface area contributed by atoms with Gasteiger partial charge in [0.05, 0.1) is 18.4 Å². The van der Waals surface area contributed by atoms with Crippen LogP contribution in [0.25, 0.3) is 0 Å². The Hall–Kier alpha value is -1.03. The van der Waals surface area contributed by atoms with E-state index < -0.39 is 0 Å². The van der Waals surface area contributed by atoms with Gasteiger partial charge in [-0.05, 0) is 13.0 Å². The Bertz CT molecular complexity index is 240. The molecule has 2 heterocycles. The van der Waals surface area contributed by atoms with Crippen molar-refractivity contribution in [1.82, 2.24) is 15.1 Å². The van der Waals surface area contributed by atoms with Gasteiger partial charge in [0.25, 0.3) is 0 Å². The molecule has 11 heavy (non-hydrogen) atoms. The predicted molar refractivity (Wildman–Crippen MR) is 40.4 cm³/mol. The van der Waals surface area contributed by atoms with Gasteiger partial charge in [0.2, 0.25) is 0 Å². The van der Waals surface area contributed by atoms with Crippen LogP contribution < -0.4 is 5.32 Å². The molecule has 4 nitrogen and oxygen atoms in total. The lowest BCUT2D eigenvalue weighted by atomic mass is 10.3. The van der Waals surface area contributed by atoms with E-state index in [1.807, 2.05) is 4.68 Å². The smallest absolute Gasteiger partial charge is 0.153 e. The largest absolute Gasteiger partial charge is 0.505 e. The summed E-state index contributed by atoms with van der Waals surface area (Å²) in [5.74, 6) is 0.247. The summed E-state index contributed by atoms with van der Waals surface area (Å²) in [5.41, 5.74) is 0. The van der Waals surface area contributed by atoms with Crippen molar-refractivity contribution in [3.8, 4) is 5.75 Å². The van der Waals surface area contributed by atoms with E-state index in [1.165, 1.54) is 6.20 Å². The second-order valence-corrected chi connectivity index (χ2v) is 2.83. The van der Waals surface area contributed by atoms with E-state index in [0.717, 1.165) is 19.5 Å². The molecule has 60 valence electrons. The maximum absolute atomic E-state index is 9.01. The minimum Gasteiger partial charge on any atom is -0.505 e. The first-order valence-electron chi connectivity index (χ1n) is 3.80. The van der Waals surface area contributed by atoms with Crippen LogP contribution >= 0.6 is 0 Å². The highest BCUT2D eigenvalue weighted by Crippen LogP contribution is 2.16. The summed E-state index contributed by atoms with van der Waals surface area (Å²) in [4.78, 5) is 0. The van der Waals surface area contributed by atoms with Crippen molar-refractivity contribution in [2.75, 3.05) is 13.1 Å². The second-order valence-electron chi connectivity index (χ2n) is 2.83. The lowest BCUT2D eigenvalue weighted by molar-refractivity contribution is 0.463. The summed E-state index contributed by atoms with van der Waals surface area (Å²) in [6.45, 7) is 2.01. The summed E-state index contributed by atoms with van der Waals surface area (Å²) in [6, 6.07) is 0.427.